The second-order valence-electron chi connectivity index (χ2n) is 4.80. The van der Waals surface area contributed by atoms with Gasteiger partial charge in [-0.2, -0.15) is 0 Å². The molecule has 0 fully saturated rings. The van der Waals surface area contributed by atoms with Gasteiger partial charge in [0.05, 0.1) is 10.7 Å². The Labute approximate surface area is 133 Å². The Bertz CT molecular complexity index is 738. The van der Waals surface area contributed by atoms with Gasteiger partial charge in [0, 0.05) is 28.9 Å². The van der Waals surface area contributed by atoms with Crippen LogP contribution in [0.4, 0.5) is 0 Å². The van der Waals surface area contributed by atoms with Gasteiger partial charge in [0.15, 0.2) is 0 Å². The van der Waals surface area contributed by atoms with Crippen molar-refractivity contribution in [2.75, 3.05) is 0 Å². The van der Waals surface area contributed by atoms with E-state index in [0.29, 0.717) is 6.54 Å². The van der Waals surface area contributed by atoms with Gasteiger partial charge in [0.2, 0.25) is 0 Å². The minimum absolute atomic E-state index is 0.458. The summed E-state index contributed by atoms with van der Waals surface area (Å²) in [7, 11) is 0. The van der Waals surface area contributed by atoms with Crippen molar-refractivity contribution in [2.45, 2.75) is 13.0 Å². The zero-order valence-electron chi connectivity index (χ0n) is 11.4. The smallest absolute Gasteiger partial charge is 0.0976 e. The first-order valence-corrected chi connectivity index (χ1v) is 7.99. The summed E-state index contributed by atoms with van der Waals surface area (Å²) < 4.78 is 0. The number of nitrogens with two attached hydrogens (primary N) is 1. The predicted molar refractivity (Wildman–Crippen MR) is 89.7 cm³/mol. The molecule has 0 aliphatic carbocycles. The van der Waals surface area contributed by atoms with Crippen molar-refractivity contribution in [3.8, 4) is 11.3 Å². The van der Waals surface area contributed by atoms with Gasteiger partial charge in [-0.15, -0.1) is 11.3 Å². The molecule has 2 N–H and O–H groups in total. The molecule has 0 saturated carbocycles. The van der Waals surface area contributed by atoms with Crippen LogP contribution in [0.5, 0.6) is 0 Å². The number of hydrogen-bond donors (Lipinski definition) is 1. The van der Waals surface area contributed by atoms with Crippen molar-refractivity contribution in [1.82, 2.24) is 4.98 Å². The number of aromatic nitrogens is 1. The van der Waals surface area contributed by atoms with E-state index in [0.717, 1.165) is 33.3 Å². The second-order valence-corrected chi connectivity index (χ2v) is 6.15. The van der Waals surface area contributed by atoms with Crippen molar-refractivity contribution in [1.29, 1.82) is 0 Å². The van der Waals surface area contributed by atoms with E-state index < -0.39 is 0 Å². The summed E-state index contributed by atoms with van der Waals surface area (Å²) in [5, 5.41) is 3.93. The highest BCUT2D eigenvalue weighted by atomic mass is 35.5. The quantitative estimate of drug-likeness (QED) is 0.769. The Balaban J connectivity index is 1.82. The fourth-order valence-electron chi connectivity index (χ4n) is 2.20. The van der Waals surface area contributed by atoms with E-state index in [1.165, 1.54) is 5.56 Å². The van der Waals surface area contributed by atoms with E-state index in [-0.39, 0.29) is 0 Å². The molecule has 2 nitrogen and oxygen atoms in total. The van der Waals surface area contributed by atoms with E-state index >= 15 is 0 Å². The second kappa shape index (κ2) is 6.39. The molecule has 0 unspecified atom stereocenters. The van der Waals surface area contributed by atoms with Crippen molar-refractivity contribution in [3.05, 3.63) is 75.1 Å². The van der Waals surface area contributed by atoms with Gasteiger partial charge in [0.25, 0.3) is 0 Å². The molecule has 0 atom stereocenters. The van der Waals surface area contributed by atoms with Gasteiger partial charge in [-0.3, -0.25) is 0 Å². The van der Waals surface area contributed by atoms with Crippen LogP contribution in [-0.4, -0.2) is 4.98 Å². The molecule has 106 valence electrons. The average molecular weight is 315 g/mol. The summed E-state index contributed by atoms with van der Waals surface area (Å²) in [4.78, 5) is 4.71. The van der Waals surface area contributed by atoms with Gasteiger partial charge in [-0.1, -0.05) is 54.1 Å². The molecule has 0 saturated heterocycles. The maximum absolute atomic E-state index is 6.09. The maximum atomic E-state index is 6.09. The fraction of sp³-hybridized carbons (Fsp3) is 0.118. The number of thiazole rings is 1. The van der Waals surface area contributed by atoms with Crippen LogP contribution in [0, 0.1) is 0 Å². The third-order valence-electron chi connectivity index (χ3n) is 3.31. The minimum Gasteiger partial charge on any atom is -0.326 e. The Kier molecular flexibility index (Phi) is 4.34. The molecule has 3 aromatic rings. The van der Waals surface area contributed by atoms with E-state index in [1.807, 2.05) is 30.3 Å². The van der Waals surface area contributed by atoms with Crippen LogP contribution in [0.2, 0.25) is 5.02 Å². The first-order valence-electron chi connectivity index (χ1n) is 6.73. The van der Waals surface area contributed by atoms with Crippen LogP contribution in [0.25, 0.3) is 11.3 Å². The van der Waals surface area contributed by atoms with Gasteiger partial charge < -0.3 is 5.73 Å². The van der Waals surface area contributed by atoms with Crippen LogP contribution < -0.4 is 5.73 Å². The summed E-state index contributed by atoms with van der Waals surface area (Å²) in [5.41, 5.74) is 10.0. The van der Waals surface area contributed by atoms with E-state index in [1.54, 1.807) is 11.3 Å². The molecule has 0 amide bonds. The fourth-order valence-corrected chi connectivity index (χ4v) is 3.23. The van der Waals surface area contributed by atoms with Gasteiger partial charge in [-0.05, 0) is 17.2 Å². The van der Waals surface area contributed by atoms with E-state index in [2.05, 4.69) is 23.6 Å². The predicted octanol–water partition coefficient (Wildman–Crippen LogP) is 4.51. The summed E-state index contributed by atoms with van der Waals surface area (Å²) in [6.07, 6.45) is 0.807. The highest BCUT2D eigenvalue weighted by Crippen LogP contribution is 2.24. The van der Waals surface area contributed by atoms with Crippen molar-refractivity contribution in [2.24, 2.45) is 5.73 Å². The van der Waals surface area contributed by atoms with Gasteiger partial charge in [-0.25, -0.2) is 4.98 Å². The maximum Gasteiger partial charge on any atom is 0.0976 e. The van der Waals surface area contributed by atoms with Crippen molar-refractivity contribution < 1.29 is 0 Å². The normalized spacial score (nSPS) is 10.8. The molecule has 0 radical (unpaired) electrons. The lowest BCUT2D eigenvalue weighted by molar-refractivity contribution is 1.05. The summed E-state index contributed by atoms with van der Waals surface area (Å²) >= 11 is 7.77. The number of rotatable bonds is 4. The molecule has 0 bridgehead atoms. The zero-order valence-corrected chi connectivity index (χ0v) is 13.0. The summed E-state index contributed by atoms with van der Waals surface area (Å²) in [6, 6.07) is 16.2. The van der Waals surface area contributed by atoms with Gasteiger partial charge >= 0.3 is 0 Å². The Hall–Kier alpha value is -1.68. The molecule has 0 spiro atoms. The van der Waals surface area contributed by atoms with Crippen LogP contribution in [0.3, 0.4) is 0 Å². The van der Waals surface area contributed by atoms with Crippen molar-refractivity contribution >= 4 is 22.9 Å². The first kappa shape index (κ1) is 14.3. The van der Waals surface area contributed by atoms with E-state index in [9.17, 15) is 0 Å². The third kappa shape index (κ3) is 3.32. The Morgan fingerprint density at radius 3 is 2.67 bits per heavy atom. The Morgan fingerprint density at radius 1 is 1.10 bits per heavy atom. The van der Waals surface area contributed by atoms with E-state index in [4.69, 9.17) is 22.3 Å². The van der Waals surface area contributed by atoms with Crippen LogP contribution in [0.1, 0.15) is 16.1 Å². The lowest BCUT2D eigenvalue weighted by Gasteiger charge is -2.04. The molecule has 1 aromatic heterocycles. The van der Waals surface area contributed by atoms with Crippen LogP contribution in [0.15, 0.2) is 53.9 Å². The topological polar surface area (TPSA) is 38.9 Å². The van der Waals surface area contributed by atoms with Crippen molar-refractivity contribution in [3.63, 3.8) is 0 Å². The molecule has 0 aliphatic heterocycles. The first-order chi connectivity index (χ1) is 10.3. The Morgan fingerprint density at radius 2 is 1.90 bits per heavy atom. The number of nitrogens with zero attached hydrogens (tertiary/aromatic N) is 1. The standard InChI is InChI=1S/C17H15ClN2S/c18-15-7-6-12(8-14(15)10-19)9-17-20-16(11-21-17)13-4-2-1-3-5-13/h1-8,11H,9-10,19H2. The molecular weight excluding hydrogens is 300 g/mol. The lowest BCUT2D eigenvalue weighted by atomic mass is 10.1. The SMILES string of the molecule is NCc1cc(Cc2nc(-c3ccccc3)cs2)ccc1Cl. The third-order valence-corrected chi connectivity index (χ3v) is 4.52. The van der Waals surface area contributed by atoms with Gasteiger partial charge in [0.1, 0.15) is 0 Å². The minimum atomic E-state index is 0.458. The number of benzene rings is 2. The largest absolute Gasteiger partial charge is 0.326 e. The lowest BCUT2D eigenvalue weighted by Crippen LogP contribution is -1.99. The molecule has 3 rings (SSSR count). The number of halogens is 1. The summed E-state index contributed by atoms with van der Waals surface area (Å²) in [5.74, 6) is 0. The number of hydrogen-bond acceptors (Lipinski definition) is 3. The molecule has 4 heteroatoms. The zero-order chi connectivity index (χ0) is 14.7. The highest BCUT2D eigenvalue weighted by molar-refractivity contribution is 7.10. The van der Waals surface area contributed by atoms with Crippen LogP contribution in [-0.2, 0) is 13.0 Å². The average Bonchev–Trinajstić information content (AvgIpc) is 2.98. The summed E-state index contributed by atoms with van der Waals surface area (Å²) in [6.45, 7) is 0.458. The van der Waals surface area contributed by atoms with Crippen LogP contribution >= 0.6 is 22.9 Å². The molecule has 21 heavy (non-hydrogen) atoms. The highest BCUT2D eigenvalue weighted by Gasteiger charge is 2.07. The molecular formula is C17H15ClN2S. The molecule has 0 aliphatic rings. The molecule has 2 aromatic carbocycles. The molecule has 1 heterocycles. The monoisotopic (exact) mass is 314 g/mol.